The van der Waals surface area contributed by atoms with Gasteiger partial charge in [-0.1, -0.05) is 6.07 Å². The summed E-state index contributed by atoms with van der Waals surface area (Å²) >= 11 is 1.72. The maximum absolute atomic E-state index is 4.36. The number of thiophene rings is 1. The Hall–Kier alpha value is -1.35. The van der Waals surface area contributed by atoms with Crippen molar-refractivity contribution in [1.82, 2.24) is 4.98 Å². The predicted octanol–water partition coefficient (Wildman–Crippen LogP) is 3.06. The van der Waals surface area contributed by atoms with Gasteiger partial charge in [-0.05, 0) is 41.4 Å². The molecule has 3 heteroatoms. The fourth-order valence-electron chi connectivity index (χ4n) is 1.23. The second-order valence-electron chi connectivity index (χ2n) is 3.15. The second-order valence-corrected chi connectivity index (χ2v) is 3.93. The maximum atomic E-state index is 4.36. The number of rotatable bonds is 3. The summed E-state index contributed by atoms with van der Waals surface area (Å²) in [5.41, 5.74) is 2.35. The van der Waals surface area contributed by atoms with Crippen LogP contribution in [0.1, 0.15) is 11.3 Å². The minimum absolute atomic E-state index is 0.847. The minimum Gasteiger partial charge on any atom is -0.366 e. The fraction of sp³-hybridized carbons (Fsp3) is 0.182. The van der Waals surface area contributed by atoms with Crippen molar-refractivity contribution in [3.05, 3.63) is 46.3 Å². The fourth-order valence-corrected chi connectivity index (χ4v) is 1.90. The summed E-state index contributed by atoms with van der Waals surface area (Å²) < 4.78 is 0. The first-order valence-electron chi connectivity index (χ1n) is 4.53. The molecule has 0 saturated carbocycles. The molecular weight excluding hydrogens is 192 g/mol. The van der Waals surface area contributed by atoms with E-state index in [1.165, 1.54) is 5.56 Å². The van der Waals surface area contributed by atoms with Crippen LogP contribution in [0.5, 0.6) is 0 Å². The van der Waals surface area contributed by atoms with Gasteiger partial charge in [0.1, 0.15) is 5.82 Å². The Morgan fingerprint density at radius 3 is 3.00 bits per heavy atom. The summed E-state index contributed by atoms with van der Waals surface area (Å²) in [5.74, 6) is 0.941. The molecule has 0 spiro atoms. The molecule has 1 N–H and O–H groups in total. The van der Waals surface area contributed by atoms with Crippen LogP contribution in [0.3, 0.4) is 0 Å². The van der Waals surface area contributed by atoms with Gasteiger partial charge in [0.15, 0.2) is 0 Å². The molecule has 0 aliphatic rings. The third-order valence-electron chi connectivity index (χ3n) is 1.94. The molecule has 0 saturated heterocycles. The van der Waals surface area contributed by atoms with E-state index in [0.29, 0.717) is 0 Å². The number of aromatic nitrogens is 1. The van der Waals surface area contributed by atoms with Gasteiger partial charge in [0.2, 0.25) is 0 Å². The quantitative estimate of drug-likeness (QED) is 0.831. The average Bonchev–Trinajstić information content (AvgIpc) is 2.67. The topological polar surface area (TPSA) is 24.9 Å². The summed E-state index contributed by atoms with van der Waals surface area (Å²) in [4.78, 5) is 4.36. The van der Waals surface area contributed by atoms with E-state index < -0.39 is 0 Å². The molecule has 2 heterocycles. The van der Waals surface area contributed by atoms with E-state index in [1.54, 1.807) is 11.3 Å². The van der Waals surface area contributed by atoms with Gasteiger partial charge in [-0.3, -0.25) is 0 Å². The first-order valence-corrected chi connectivity index (χ1v) is 5.47. The molecule has 0 radical (unpaired) electrons. The van der Waals surface area contributed by atoms with Crippen LogP contribution in [0.2, 0.25) is 0 Å². The number of hydrogen-bond donors (Lipinski definition) is 1. The average molecular weight is 204 g/mol. The molecule has 0 aromatic carbocycles. The number of anilines is 1. The number of pyridine rings is 1. The summed E-state index contributed by atoms with van der Waals surface area (Å²) in [6, 6.07) is 8.11. The first kappa shape index (κ1) is 9.21. The molecule has 0 amide bonds. The molecule has 72 valence electrons. The van der Waals surface area contributed by atoms with Crippen LogP contribution in [0.15, 0.2) is 35.0 Å². The SMILES string of the molecule is Cc1cccc(NCc2ccsc2)n1. The molecule has 0 fully saturated rings. The van der Waals surface area contributed by atoms with Gasteiger partial charge in [-0.25, -0.2) is 4.98 Å². The highest BCUT2D eigenvalue weighted by atomic mass is 32.1. The van der Waals surface area contributed by atoms with Crippen LogP contribution in [0.4, 0.5) is 5.82 Å². The molecule has 2 aromatic heterocycles. The van der Waals surface area contributed by atoms with Gasteiger partial charge in [-0.2, -0.15) is 11.3 Å². The zero-order valence-corrected chi connectivity index (χ0v) is 8.84. The Morgan fingerprint density at radius 1 is 1.36 bits per heavy atom. The molecule has 14 heavy (non-hydrogen) atoms. The summed E-state index contributed by atoms with van der Waals surface area (Å²) in [6.07, 6.45) is 0. The minimum atomic E-state index is 0.847. The predicted molar refractivity (Wildman–Crippen MR) is 60.6 cm³/mol. The van der Waals surface area contributed by atoms with Gasteiger partial charge >= 0.3 is 0 Å². The van der Waals surface area contributed by atoms with E-state index in [1.807, 2.05) is 25.1 Å². The number of nitrogens with zero attached hydrogens (tertiary/aromatic N) is 1. The Bertz CT molecular complexity index is 395. The van der Waals surface area contributed by atoms with E-state index in [0.717, 1.165) is 18.1 Å². The number of aryl methyl sites for hydroxylation is 1. The van der Waals surface area contributed by atoms with Crippen molar-refractivity contribution >= 4 is 17.2 Å². The normalized spacial score (nSPS) is 10.1. The van der Waals surface area contributed by atoms with E-state index in [9.17, 15) is 0 Å². The van der Waals surface area contributed by atoms with Crippen molar-refractivity contribution in [2.24, 2.45) is 0 Å². The summed E-state index contributed by atoms with van der Waals surface area (Å²) in [6.45, 7) is 2.84. The van der Waals surface area contributed by atoms with Crippen LogP contribution in [0.25, 0.3) is 0 Å². The monoisotopic (exact) mass is 204 g/mol. The van der Waals surface area contributed by atoms with Crippen molar-refractivity contribution in [3.8, 4) is 0 Å². The first-order chi connectivity index (χ1) is 6.84. The van der Waals surface area contributed by atoms with Crippen molar-refractivity contribution in [2.45, 2.75) is 13.5 Å². The van der Waals surface area contributed by atoms with Crippen LogP contribution in [0, 0.1) is 6.92 Å². The Balaban J connectivity index is 1.98. The summed E-state index contributed by atoms with van der Waals surface area (Å²) in [7, 11) is 0. The molecular formula is C11H12N2S. The third kappa shape index (κ3) is 2.33. The van der Waals surface area contributed by atoms with Crippen molar-refractivity contribution in [2.75, 3.05) is 5.32 Å². The maximum Gasteiger partial charge on any atom is 0.126 e. The number of hydrogen-bond acceptors (Lipinski definition) is 3. The third-order valence-corrected chi connectivity index (χ3v) is 2.67. The molecule has 2 rings (SSSR count). The largest absolute Gasteiger partial charge is 0.366 e. The van der Waals surface area contributed by atoms with Crippen molar-refractivity contribution < 1.29 is 0 Å². The molecule has 2 aromatic rings. The van der Waals surface area contributed by atoms with Crippen LogP contribution < -0.4 is 5.32 Å². The van der Waals surface area contributed by atoms with Crippen molar-refractivity contribution in [1.29, 1.82) is 0 Å². The zero-order chi connectivity index (χ0) is 9.80. The van der Waals surface area contributed by atoms with Gasteiger partial charge in [0.25, 0.3) is 0 Å². The lowest BCUT2D eigenvalue weighted by molar-refractivity contribution is 1.10. The smallest absolute Gasteiger partial charge is 0.126 e. The lowest BCUT2D eigenvalue weighted by Crippen LogP contribution is -2.00. The summed E-state index contributed by atoms with van der Waals surface area (Å²) in [5, 5.41) is 7.51. The molecule has 2 nitrogen and oxygen atoms in total. The molecule has 0 aliphatic heterocycles. The van der Waals surface area contributed by atoms with Crippen LogP contribution in [-0.2, 0) is 6.54 Å². The molecule has 0 atom stereocenters. The van der Waals surface area contributed by atoms with E-state index in [2.05, 4.69) is 27.1 Å². The highest BCUT2D eigenvalue weighted by Crippen LogP contribution is 2.09. The zero-order valence-electron chi connectivity index (χ0n) is 8.03. The highest BCUT2D eigenvalue weighted by Gasteiger charge is 1.95. The van der Waals surface area contributed by atoms with Crippen LogP contribution in [-0.4, -0.2) is 4.98 Å². The Kier molecular flexibility index (Phi) is 2.79. The highest BCUT2D eigenvalue weighted by molar-refractivity contribution is 7.07. The van der Waals surface area contributed by atoms with Crippen molar-refractivity contribution in [3.63, 3.8) is 0 Å². The lowest BCUT2D eigenvalue weighted by atomic mass is 10.3. The molecule has 0 unspecified atom stereocenters. The van der Waals surface area contributed by atoms with Gasteiger partial charge in [0, 0.05) is 12.2 Å². The Morgan fingerprint density at radius 2 is 2.29 bits per heavy atom. The Labute approximate surface area is 87.6 Å². The van der Waals surface area contributed by atoms with E-state index in [-0.39, 0.29) is 0 Å². The van der Waals surface area contributed by atoms with Gasteiger partial charge in [-0.15, -0.1) is 0 Å². The van der Waals surface area contributed by atoms with Crippen LogP contribution >= 0.6 is 11.3 Å². The lowest BCUT2D eigenvalue weighted by Gasteiger charge is -2.04. The van der Waals surface area contributed by atoms with E-state index in [4.69, 9.17) is 0 Å². The van der Waals surface area contributed by atoms with Gasteiger partial charge < -0.3 is 5.32 Å². The van der Waals surface area contributed by atoms with E-state index >= 15 is 0 Å². The molecule has 0 bridgehead atoms. The van der Waals surface area contributed by atoms with Gasteiger partial charge in [0.05, 0.1) is 0 Å². The second kappa shape index (κ2) is 4.24. The number of nitrogens with one attached hydrogen (secondary N) is 1. The standard InChI is InChI=1S/C11H12N2S/c1-9-3-2-4-11(13-9)12-7-10-5-6-14-8-10/h2-6,8H,7H2,1H3,(H,12,13). The molecule has 0 aliphatic carbocycles.